The second kappa shape index (κ2) is 5.23. The van der Waals surface area contributed by atoms with Crippen molar-refractivity contribution in [2.75, 3.05) is 30.9 Å². The summed E-state index contributed by atoms with van der Waals surface area (Å²) in [6.45, 7) is 6.59. The smallest absolute Gasteiger partial charge is 0.246 e. The van der Waals surface area contributed by atoms with Crippen molar-refractivity contribution >= 4 is 28.9 Å². The monoisotopic (exact) mass is 279 g/mol. The van der Waals surface area contributed by atoms with Crippen LogP contribution in [-0.2, 0) is 4.79 Å². The summed E-state index contributed by atoms with van der Waals surface area (Å²) in [6, 6.07) is 3.43. The lowest BCUT2D eigenvalue weighted by Crippen LogP contribution is -2.23. The summed E-state index contributed by atoms with van der Waals surface area (Å²) in [4.78, 5) is 13.8. The molecule has 5 heteroatoms. The Morgan fingerprint density at radius 3 is 2.84 bits per heavy atom. The Hall–Kier alpha value is -1.52. The Morgan fingerprint density at radius 1 is 1.58 bits per heavy atom. The maximum absolute atomic E-state index is 11.8. The van der Waals surface area contributed by atoms with Gasteiger partial charge in [-0.15, -0.1) is 0 Å². The van der Waals surface area contributed by atoms with Gasteiger partial charge in [0.2, 0.25) is 5.91 Å². The molecule has 0 fully saturated rings. The van der Waals surface area contributed by atoms with Gasteiger partial charge in [0.15, 0.2) is 0 Å². The summed E-state index contributed by atoms with van der Waals surface area (Å²) in [5.41, 5.74) is 3.65. The van der Waals surface area contributed by atoms with E-state index in [-0.39, 0.29) is 11.9 Å². The zero-order valence-electron chi connectivity index (χ0n) is 11.4. The molecule has 0 spiro atoms. The van der Waals surface area contributed by atoms with Crippen LogP contribution in [0.4, 0.5) is 11.4 Å². The summed E-state index contributed by atoms with van der Waals surface area (Å²) in [7, 11) is 3.71. The Morgan fingerprint density at radius 2 is 2.26 bits per heavy atom. The molecule has 1 aromatic carbocycles. The van der Waals surface area contributed by atoms with Gasteiger partial charge in [0.25, 0.3) is 0 Å². The van der Waals surface area contributed by atoms with Crippen molar-refractivity contribution in [1.82, 2.24) is 5.32 Å². The van der Waals surface area contributed by atoms with E-state index < -0.39 is 0 Å². The van der Waals surface area contributed by atoms with Crippen molar-refractivity contribution < 1.29 is 4.79 Å². The molecule has 0 aliphatic carbocycles. The fourth-order valence-corrected chi connectivity index (χ4v) is 2.66. The van der Waals surface area contributed by atoms with Crippen LogP contribution in [0.3, 0.4) is 0 Å². The molecule has 1 atom stereocenters. The molecule has 0 saturated carbocycles. The first-order valence-corrected chi connectivity index (χ1v) is 6.49. The first-order chi connectivity index (χ1) is 8.93. The van der Waals surface area contributed by atoms with E-state index in [4.69, 9.17) is 11.6 Å². The standard InChI is InChI=1S/C14H18ClN3O/c1-8(2)7-18(4)12-6-11-9(5-10(12)15)13(16-3)14(19)17-11/h5-6,13,16H,1,7H2,2-4H3,(H,17,19). The van der Waals surface area contributed by atoms with Crippen molar-refractivity contribution in [1.29, 1.82) is 0 Å². The average Bonchev–Trinajstić information content (AvgIpc) is 2.61. The highest BCUT2D eigenvalue weighted by Crippen LogP contribution is 2.38. The van der Waals surface area contributed by atoms with Crippen LogP contribution in [0.2, 0.25) is 5.02 Å². The summed E-state index contributed by atoms with van der Waals surface area (Å²) < 4.78 is 0. The zero-order chi connectivity index (χ0) is 14.2. The molecule has 0 radical (unpaired) electrons. The summed E-state index contributed by atoms with van der Waals surface area (Å²) in [6.07, 6.45) is 0. The molecule has 1 amide bonds. The minimum absolute atomic E-state index is 0.0479. The van der Waals surface area contributed by atoms with Crippen molar-refractivity contribution in [3.63, 3.8) is 0 Å². The van der Waals surface area contributed by atoms with Crippen LogP contribution >= 0.6 is 11.6 Å². The molecule has 0 saturated heterocycles. The van der Waals surface area contributed by atoms with Gasteiger partial charge in [-0.2, -0.15) is 0 Å². The molecule has 1 aromatic rings. The van der Waals surface area contributed by atoms with Crippen LogP contribution in [0.15, 0.2) is 24.3 Å². The zero-order valence-corrected chi connectivity index (χ0v) is 12.1. The predicted octanol–water partition coefficient (Wildman–Crippen LogP) is 2.56. The number of fused-ring (bicyclic) bond motifs is 1. The van der Waals surface area contributed by atoms with Crippen LogP contribution in [0.25, 0.3) is 0 Å². The van der Waals surface area contributed by atoms with Gasteiger partial charge in [-0.1, -0.05) is 23.8 Å². The molecular formula is C14H18ClN3O. The topological polar surface area (TPSA) is 44.4 Å². The maximum Gasteiger partial charge on any atom is 0.246 e. The van der Waals surface area contributed by atoms with Crippen molar-refractivity contribution in [2.45, 2.75) is 13.0 Å². The molecule has 1 unspecified atom stereocenters. The third kappa shape index (κ3) is 2.60. The second-order valence-electron chi connectivity index (χ2n) is 4.91. The number of nitrogens with one attached hydrogen (secondary N) is 2. The number of hydrogen-bond acceptors (Lipinski definition) is 3. The van der Waals surface area contributed by atoms with E-state index in [9.17, 15) is 4.79 Å². The van der Waals surface area contributed by atoms with Gasteiger partial charge in [-0.05, 0) is 26.1 Å². The normalized spacial score (nSPS) is 17.1. The Kier molecular flexibility index (Phi) is 3.83. The molecule has 2 N–H and O–H groups in total. The minimum Gasteiger partial charge on any atom is -0.369 e. The molecule has 1 aliphatic rings. The van der Waals surface area contributed by atoms with Crippen LogP contribution in [0.1, 0.15) is 18.5 Å². The largest absolute Gasteiger partial charge is 0.369 e. The number of nitrogens with zero attached hydrogens (tertiary/aromatic N) is 1. The lowest BCUT2D eigenvalue weighted by atomic mass is 10.1. The Labute approximate surface area is 118 Å². The number of carbonyl (C=O) groups is 1. The molecule has 0 bridgehead atoms. The molecule has 2 rings (SSSR count). The lowest BCUT2D eigenvalue weighted by Gasteiger charge is -2.21. The average molecular weight is 280 g/mol. The molecule has 1 heterocycles. The highest BCUT2D eigenvalue weighted by atomic mass is 35.5. The van der Waals surface area contributed by atoms with Crippen molar-refractivity contribution in [3.05, 3.63) is 34.9 Å². The first-order valence-electron chi connectivity index (χ1n) is 6.11. The van der Waals surface area contributed by atoms with E-state index >= 15 is 0 Å². The fraction of sp³-hybridized carbons (Fsp3) is 0.357. The Bertz CT molecular complexity index is 542. The van der Waals surface area contributed by atoms with E-state index in [1.54, 1.807) is 7.05 Å². The second-order valence-corrected chi connectivity index (χ2v) is 5.32. The number of halogens is 1. The van der Waals surface area contributed by atoms with E-state index in [1.165, 1.54) is 0 Å². The third-order valence-corrected chi connectivity index (χ3v) is 3.46. The number of likely N-dealkylation sites (N-methyl/N-ethyl adjacent to an activating group) is 2. The van der Waals surface area contributed by atoms with Gasteiger partial charge in [0, 0.05) is 24.8 Å². The molecule has 1 aliphatic heterocycles. The van der Waals surface area contributed by atoms with Gasteiger partial charge in [-0.25, -0.2) is 0 Å². The molecule has 0 aromatic heterocycles. The van der Waals surface area contributed by atoms with Gasteiger partial charge < -0.3 is 15.5 Å². The molecular weight excluding hydrogens is 262 g/mol. The van der Waals surface area contributed by atoms with E-state index in [0.717, 1.165) is 29.1 Å². The molecule has 19 heavy (non-hydrogen) atoms. The van der Waals surface area contributed by atoms with Crippen molar-refractivity contribution in [3.8, 4) is 0 Å². The van der Waals surface area contributed by atoms with Crippen LogP contribution in [-0.4, -0.2) is 26.5 Å². The van der Waals surface area contributed by atoms with Crippen LogP contribution in [0, 0.1) is 0 Å². The minimum atomic E-state index is -0.326. The number of carbonyl (C=O) groups excluding carboxylic acids is 1. The SMILES string of the molecule is C=C(C)CN(C)c1cc2c(cc1Cl)C(NC)C(=O)N2. The highest BCUT2D eigenvalue weighted by Gasteiger charge is 2.30. The van der Waals surface area contributed by atoms with E-state index in [2.05, 4.69) is 17.2 Å². The number of hydrogen-bond donors (Lipinski definition) is 2. The number of amides is 1. The summed E-state index contributed by atoms with van der Waals surface area (Å²) in [5.74, 6) is -0.0479. The number of rotatable bonds is 4. The Balaban J connectivity index is 2.38. The molecule has 102 valence electrons. The summed E-state index contributed by atoms with van der Waals surface area (Å²) in [5, 5.41) is 6.48. The number of anilines is 2. The summed E-state index contributed by atoms with van der Waals surface area (Å²) >= 11 is 6.32. The lowest BCUT2D eigenvalue weighted by molar-refractivity contribution is -0.117. The fourth-order valence-electron chi connectivity index (χ4n) is 2.34. The van der Waals surface area contributed by atoms with Crippen LogP contribution < -0.4 is 15.5 Å². The first kappa shape index (κ1) is 13.9. The predicted molar refractivity (Wildman–Crippen MR) is 80.0 cm³/mol. The van der Waals surface area contributed by atoms with E-state index in [0.29, 0.717) is 5.02 Å². The van der Waals surface area contributed by atoms with Gasteiger partial charge in [-0.3, -0.25) is 4.79 Å². The van der Waals surface area contributed by atoms with Crippen molar-refractivity contribution in [2.24, 2.45) is 0 Å². The van der Waals surface area contributed by atoms with Gasteiger partial charge in [0.05, 0.1) is 10.7 Å². The quantitative estimate of drug-likeness (QED) is 0.833. The van der Waals surface area contributed by atoms with E-state index in [1.807, 2.05) is 31.0 Å². The maximum atomic E-state index is 11.8. The van der Waals surface area contributed by atoms with Gasteiger partial charge in [0.1, 0.15) is 6.04 Å². The highest BCUT2D eigenvalue weighted by molar-refractivity contribution is 6.33. The van der Waals surface area contributed by atoms with Gasteiger partial charge >= 0.3 is 0 Å². The van der Waals surface area contributed by atoms with Crippen LogP contribution in [0.5, 0.6) is 0 Å². The third-order valence-electron chi connectivity index (χ3n) is 3.16. The number of benzene rings is 1. The molecule has 4 nitrogen and oxygen atoms in total.